The lowest BCUT2D eigenvalue weighted by molar-refractivity contribution is 0.0927. The molecule has 102 valence electrons. The Labute approximate surface area is 116 Å². The van der Waals surface area contributed by atoms with E-state index in [1.54, 1.807) is 11.8 Å². The summed E-state index contributed by atoms with van der Waals surface area (Å²) >= 11 is 1.80. The van der Waals surface area contributed by atoms with Gasteiger partial charge in [-0.15, -0.1) is 0 Å². The van der Waals surface area contributed by atoms with E-state index < -0.39 is 0 Å². The molecule has 0 aliphatic carbocycles. The van der Waals surface area contributed by atoms with Gasteiger partial charge in [0.1, 0.15) is 5.58 Å². The number of nitrogens with one attached hydrogen (secondary N) is 1. The highest BCUT2D eigenvalue weighted by Gasteiger charge is 2.19. The molecule has 0 fully saturated rings. The van der Waals surface area contributed by atoms with Crippen LogP contribution in [0.15, 0.2) is 28.7 Å². The molecule has 2 rings (SSSR count). The summed E-state index contributed by atoms with van der Waals surface area (Å²) in [5.74, 6) is 7.56. The van der Waals surface area contributed by atoms with Crippen LogP contribution in [0.4, 0.5) is 0 Å². The first kappa shape index (κ1) is 14.0. The SMILES string of the molecule is CC(C)CSCc1c(C(=O)NN)oc2ccccc12. The highest BCUT2D eigenvalue weighted by molar-refractivity contribution is 7.98. The average molecular weight is 278 g/mol. The number of carbonyl (C=O) groups is 1. The predicted octanol–water partition coefficient (Wildman–Crippen LogP) is 2.93. The van der Waals surface area contributed by atoms with Gasteiger partial charge in [0.25, 0.3) is 0 Å². The number of carbonyl (C=O) groups excluding carboxylic acids is 1. The number of hydrogen-bond acceptors (Lipinski definition) is 4. The molecule has 1 amide bonds. The van der Waals surface area contributed by atoms with Crippen LogP contribution in [0.5, 0.6) is 0 Å². The summed E-state index contributed by atoms with van der Waals surface area (Å²) in [5, 5.41) is 0.984. The second kappa shape index (κ2) is 6.12. The van der Waals surface area contributed by atoms with Gasteiger partial charge in [-0.3, -0.25) is 10.2 Å². The zero-order valence-corrected chi connectivity index (χ0v) is 11.9. The lowest BCUT2D eigenvalue weighted by Gasteiger charge is -2.05. The van der Waals surface area contributed by atoms with Crippen LogP contribution in [-0.4, -0.2) is 11.7 Å². The van der Waals surface area contributed by atoms with Crippen LogP contribution in [0.3, 0.4) is 0 Å². The van der Waals surface area contributed by atoms with Crippen molar-refractivity contribution in [1.29, 1.82) is 0 Å². The van der Waals surface area contributed by atoms with E-state index in [2.05, 4.69) is 19.3 Å². The number of rotatable bonds is 5. The Bertz CT molecular complexity index is 578. The van der Waals surface area contributed by atoms with Gasteiger partial charge < -0.3 is 4.42 Å². The molecule has 0 aliphatic heterocycles. The molecule has 0 aliphatic rings. The molecule has 0 radical (unpaired) electrons. The summed E-state index contributed by atoms with van der Waals surface area (Å²) in [6, 6.07) is 7.66. The summed E-state index contributed by atoms with van der Waals surface area (Å²) in [5.41, 5.74) is 3.78. The molecule has 0 atom stereocenters. The molecule has 3 N–H and O–H groups in total. The Hall–Kier alpha value is -1.46. The molecule has 0 spiro atoms. The minimum Gasteiger partial charge on any atom is -0.451 e. The van der Waals surface area contributed by atoms with Gasteiger partial charge in [-0.25, -0.2) is 5.84 Å². The number of thioether (sulfide) groups is 1. The largest absolute Gasteiger partial charge is 0.451 e. The predicted molar refractivity (Wildman–Crippen MR) is 78.9 cm³/mol. The molecule has 5 heteroatoms. The summed E-state index contributed by atoms with van der Waals surface area (Å²) < 4.78 is 5.60. The van der Waals surface area contributed by atoms with E-state index in [9.17, 15) is 4.79 Å². The van der Waals surface area contributed by atoms with E-state index in [4.69, 9.17) is 10.3 Å². The maximum absolute atomic E-state index is 11.8. The molecule has 4 nitrogen and oxygen atoms in total. The van der Waals surface area contributed by atoms with Crippen LogP contribution in [-0.2, 0) is 5.75 Å². The van der Waals surface area contributed by atoms with Crippen molar-refractivity contribution in [1.82, 2.24) is 5.43 Å². The maximum atomic E-state index is 11.8. The van der Waals surface area contributed by atoms with Crippen molar-refractivity contribution in [2.24, 2.45) is 11.8 Å². The molecule has 0 saturated heterocycles. The Morgan fingerprint density at radius 3 is 2.84 bits per heavy atom. The average Bonchev–Trinajstić information content (AvgIpc) is 2.77. The van der Waals surface area contributed by atoms with Gasteiger partial charge >= 0.3 is 5.91 Å². The van der Waals surface area contributed by atoms with Gasteiger partial charge in [0.05, 0.1) is 0 Å². The molecule has 0 unspecified atom stereocenters. The number of nitrogens with two attached hydrogens (primary N) is 1. The molecular weight excluding hydrogens is 260 g/mol. The second-order valence-electron chi connectivity index (χ2n) is 4.79. The monoisotopic (exact) mass is 278 g/mol. The van der Waals surface area contributed by atoms with Crippen LogP contribution >= 0.6 is 11.8 Å². The number of furan rings is 1. The van der Waals surface area contributed by atoms with Gasteiger partial charge in [-0.2, -0.15) is 11.8 Å². The van der Waals surface area contributed by atoms with Crippen molar-refractivity contribution in [3.05, 3.63) is 35.6 Å². The van der Waals surface area contributed by atoms with Crippen LogP contribution in [0.25, 0.3) is 11.0 Å². The number of fused-ring (bicyclic) bond motifs is 1. The van der Waals surface area contributed by atoms with E-state index in [0.717, 1.165) is 28.0 Å². The van der Waals surface area contributed by atoms with Crippen LogP contribution < -0.4 is 11.3 Å². The normalized spacial score (nSPS) is 11.2. The first-order valence-corrected chi connectivity index (χ1v) is 7.38. The smallest absolute Gasteiger partial charge is 0.301 e. The quantitative estimate of drug-likeness (QED) is 0.501. The number of para-hydroxylation sites is 1. The minimum atomic E-state index is -0.378. The first-order chi connectivity index (χ1) is 9.13. The van der Waals surface area contributed by atoms with Crippen molar-refractivity contribution in [2.45, 2.75) is 19.6 Å². The van der Waals surface area contributed by atoms with E-state index in [0.29, 0.717) is 11.7 Å². The third-order valence-electron chi connectivity index (χ3n) is 2.73. The fourth-order valence-corrected chi connectivity index (χ4v) is 2.97. The van der Waals surface area contributed by atoms with Crippen molar-refractivity contribution in [3.8, 4) is 0 Å². The molecular formula is C14H18N2O2S. The van der Waals surface area contributed by atoms with Crippen molar-refractivity contribution >= 4 is 28.6 Å². The number of hydrogen-bond donors (Lipinski definition) is 2. The summed E-state index contributed by atoms with van der Waals surface area (Å²) in [6.45, 7) is 4.35. The minimum absolute atomic E-state index is 0.319. The van der Waals surface area contributed by atoms with Gasteiger partial charge in [0.15, 0.2) is 5.76 Å². The van der Waals surface area contributed by atoms with Gasteiger partial charge in [-0.05, 0) is 17.7 Å². The third kappa shape index (κ3) is 3.11. The third-order valence-corrected chi connectivity index (χ3v) is 4.13. The van der Waals surface area contributed by atoms with Crippen LogP contribution in [0.2, 0.25) is 0 Å². The summed E-state index contributed by atoms with van der Waals surface area (Å²) in [7, 11) is 0. The topological polar surface area (TPSA) is 68.3 Å². The summed E-state index contributed by atoms with van der Waals surface area (Å²) in [6.07, 6.45) is 0. The Morgan fingerprint density at radius 2 is 2.16 bits per heavy atom. The second-order valence-corrected chi connectivity index (χ2v) is 5.82. The number of benzene rings is 1. The molecule has 1 aromatic heterocycles. The van der Waals surface area contributed by atoms with Crippen LogP contribution in [0.1, 0.15) is 30.0 Å². The van der Waals surface area contributed by atoms with E-state index in [1.165, 1.54) is 0 Å². The highest BCUT2D eigenvalue weighted by Crippen LogP contribution is 2.29. The molecule has 0 bridgehead atoms. The van der Waals surface area contributed by atoms with Crippen LogP contribution in [0, 0.1) is 5.92 Å². The van der Waals surface area contributed by atoms with E-state index in [1.807, 2.05) is 24.3 Å². The molecule has 1 heterocycles. The van der Waals surface area contributed by atoms with Crippen molar-refractivity contribution in [3.63, 3.8) is 0 Å². The molecule has 1 aromatic carbocycles. The van der Waals surface area contributed by atoms with E-state index in [-0.39, 0.29) is 5.91 Å². The molecule has 2 aromatic rings. The number of hydrazine groups is 1. The van der Waals surface area contributed by atoms with Gasteiger partial charge in [0, 0.05) is 16.7 Å². The first-order valence-electron chi connectivity index (χ1n) is 6.22. The maximum Gasteiger partial charge on any atom is 0.301 e. The summed E-state index contributed by atoms with van der Waals surface area (Å²) in [4.78, 5) is 11.8. The zero-order valence-electron chi connectivity index (χ0n) is 11.1. The molecule has 19 heavy (non-hydrogen) atoms. The highest BCUT2D eigenvalue weighted by atomic mass is 32.2. The van der Waals surface area contributed by atoms with Gasteiger partial charge in [-0.1, -0.05) is 32.0 Å². The molecule has 0 saturated carbocycles. The fourth-order valence-electron chi connectivity index (χ4n) is 1.89. The van der Waals surface area contributed by atoms with E-state index >= 15 is 0 Å². The van der Waals surface area contributed by atoms with Crippen molar-refractivity contribution < 1.29 is 9.21 Å². The lowest BCUT2D eigenvalue weighted by atomic mass is 10.1. The number of amides is 1. The zero-order chi connectivity index (χ0) is 13.8. The fraction of sp³-hybridized carbons (Fsp3) is 0.357. The standard InChI is InChI=1S/C14H18N2O2S/c1-9(2)7-19-8-11-10-5-3-4-6-12(10)18-13(11)14(17)16-15/h3-6,9H,7-8,15H2,1-2H3,(H,16,17). The Balaban J connectivity index is 2.34. The Morgan fingerprint density at radius 1 is 1.42 bits per heavy atom. The Kier molecular flexibility index (Phi) is 4.50. The van der Waals surface area contributed by atoms with Gasteiger partial charge in [0.2, 0.25) is 0 Å². The number of nitrogen functional groups attached to an aromatic ring is 1. The van der Waals surface area contributed by atoms with Crippen molar-refractivity contribution in [2.75, 3.05) is 5.75 Å². The lowest BCUT2D eigenvalue weighted by Crippen LogP contribution is -2.30.